The van der Waals surface area contributed by atoms with Crippen LogP contribution in [0.15, 0.2) is 17.1 Å². The quantitative estimate of drug-likeness (QED) is 0.648. The van der Waals surface area contributed by atoms with Crippen molar-refractivity contribution in [2.24, 2.45) is 0 Å². The van der Waals surface area contributed by atoms with Crippen molar-refractivity contribution in [3.8, 4) is 6.07 Å². The van der Waals surface area contributed by atoms with E-state index in [9.17, 15) is 9.59 Å². The number of pyridine rings is 1. The second-order valence-corrected chi connectivity index (χ2v) is 2.36. The molecule has 0 aromatic carbocycles. The van der Waals surface area contributed by atoms with Gasteiger partial charge in [0.05, 0.1) is 5.56 Å². The van der Waals surface area contributed by atoms with Crippen LogP contribution < -0.4 is 5.56 Å². The third kappa shape index (κ3) is 1.52. The lowest BCUT2D eigenvalue weighted by molar-refractivity contribution is 0.108. The van der Waals surface area contributed by atoms with Crippen molar-refractivity contribution in [2.75, 3.05) is 0 Å². The minimum Gasteiger partial charge on any atom is -0.327 e. The molecule has 60 valence electrons. The van der Waals surface area contributed by atoms with Gasteiger partial charge in [0.25, 0.3) is 10.8 Å². The summed E-state index contributed by atoms with van der Waals surface area (Å²) in [6.45, 7) is 0. The van der Waals surface area contributed by atoms with Crippen molar-refractivity contribution in [3.05, 3.63) is 33.7 Å². The Morgan fingerprint density at radius 3 is 2.83 bits per heavy atom. The maximum absolute atomic E-state index is 10.9. The highest BCUT2D eigenvalue weighted by Gasteiger charge is 2.07. The topological polar surface area (TPSA) is 73.7 Å². The summed E-state index contributed by atoms with van der Waals surface area (Å²) in [5, 5.41) is 7.54. The third-order valence-electron chi connectivity index (χ3n) is 1.24. The fourth-order valence-corrected chi connectivity index (χ4v) is 0.835. The number of carbonyl (C=O) groups excluding carboxylic acids is 1. The SMILES string of the molecule is N#Cc1c[nH]c(=O)c(C(=O)Cl)c1. The predicted octanol–water partition coefficient (Wildman–Crippen LogP) is 0.626. The Morgan fingerprint density at radius 1 is 1.67 bits per heavy atom. The molecular formula is C7H3ClN2O2. The van der Waals surface area contributed by atoms with Crippen LogP contribution in [0.25, 0.3) is 0 Å². The van der Waals surface area contributed by atoms with Crippen LogP contribution in [0.3, 0.4) is 0 Å². The number of hydrogen-bond donors (Lipinski definition) is 1. The highest BCUT2D eigenvalue weighted by atomic mass is 35.5. The summed E-state index contributed by atoms with van der Waals surface area (Å²) in [4.78, 5) is 23.6. The number of nitriles is 1. The molecular weight excluding hydrogens is 180 g/mol. The highest BCUT2D eigenvalue weighted by molar-refractivity contribution is 6.67. The average molecular weight is 183 g/mol. The number of rotatable bonds is 1. The summed E-state index contributed by atoms with van der Waals surface area (Å²) in [6.07, 6.45) is 1.21. The van der Waals surface area contributed by atoms with Gasteiger partial charge in [0.1, 0.15) is 11.6 Å². The first-order chi connectivity index (χ1) is 5.65. The zero-order chi connectivity index (χ0) is 9.14. The van der Waals surface area contributed by atoms with Crippen molar-refractivity contribution in [3.63, 3.8) is 0 Å². The predicted molar refractivity (Wildman–Crippen MR) is 42.0 cm³/mol. The normalized spacial score (nSPS) is 9.00. The van der Waals surface area contributed by atoms with Gasteiger partial charge in [-0.2, -0.15) is 5.26 Å². The van der Waals surface area contributed by atoms with E-state index in [1.165, 1.54) is 6.20 Å². The summed E-state index contributed by atoms with van der Waals surface area (Å²) < 4.78 is 0. The van der Waals surface area contributed by atoms with Crippen LogP contribution in [0, 0.1) is 11.3 Å². The maximum atomic E-state index is 10.9. The minimum absolute atomic E-state index is 0.193. The van der Waals surface area contributed by atoms with Gasteiger partial charge >= 0.3 is 0 Å². The van der Waals surface area contributed by atoms with Gasteiger partial charge in [0.2, 0.25) is 0 Å². The van der Waals surface area contributed by atoms with E-state index in [-0.39, 0.29) is 11.1 Å². The molecule has 0 spiro atoms. The van der Waals surface area contributed by atoms with Crippen molar-refractivity contribution >= 4 is 16.8 Å². The first-order valence-corrected chi connectivity index (χ1v) is 3.35. The summed E-state index contributed by atoms with van der Waals surface area (Å²) >= 11 is 5.07. The van der Waals surface area contributed by atoms with Gasteiger partial charge in [-0.05, 0) is 17.7 Å². The van der Waals surface area contributed by atoms with Gasteiger partial charge in [-0.3, -0.25) is 9.59 Å². The molecule has 0 aliphatic rings. The smallest absolute Gasteiger partial charge is 0.260 e. The van der Waals surface area contributed by atoms with Crippen LogP contribution in [-0.2, 0) is 0 Å². The number of nitrogens with zero attached hydrogens (tertiary/aromatic N) is 1. The zero-order valence-electron chi connectivity index (χ0n) is 5.80. The van der Waals surface area contributed by atoms with E-state index in [2.05, 4.69) is 4.98 Å². The number of hydrogen-bond acceptors (Lipinski definition) is 3. The second kappa shape index (κ2) is 3.20. The molecule has 0 saturated heterocycles. The maximum Gasteiger partial charge on any atom is 0.260 e. The van der Waals surface area contributed by atoms with E-state index in [0.717, 1.165) is 6.07 Å². The molecule has 0 atom stereocenters. The molecule has 1 heterocycles. The molecule has 0 bridgehead atoms. The molecule has 12 heavy (non-hydrogen) atoms. The lowest BCUT2D eigenvalue weighted by atomic mass is 10.2. The lowest BCUT2D eigenvalue weighted by Crippen LogP contribution is -2.14. The first-order valence-electron chi connectivity index (χ1n) is 2.98. The standard InChI is InChI=1S/C7H3ClN2O2/c8-6(11)5-1-4(2-9)3-10-7(5)12/h1,3H,(H,10,12). The Labute approximate surface area is 72.4 Å². The van der Waals surface area contributed by atoms with Gasteiger partial charge in [-0.15, -0.1) is 0 Å². The van der Waals surface area contributed by atoms with Crippen LogP contribution in [0.1, 0.15) is 15.9 Å². The van der Waals surface area contributed by atoms with Crippen molar-refractivity contribution < 1.29 is 4.79 Å². The zero-order valence-corrected chi connectivity index (χ0v) is 6.55. The van der Waals surface area contributed by atoms with E-state index in [1.54, 1.807) is 6.07 Å². The van der Waals surface area contributed by atoms with Crippen LogP contribution in [0.5, 0.6) is 0 Å². The molecule has 1 rings (SSSR count). The summed E-state index contributed by atoms with van der Waals surface area (Å²) in [5.74, 6) is 0. The summed E-state index contributed by atoms with van der Waals surface area (Å²) in [5.41, 5.74) is -0.608. The molecule has 0 aliphatic heterocycles. The van der Waals surface area contributed by atoms with Crippen molar-refractivity contribution in [2.45, 2.75) is 0 Å². The molecule has 5 heteroatoms. The first kappa shape index (κ1) is 8.50. The third-order valence-corrected chi connectivity index (χ3v) is 1.45. The number of nitrogens with one attached hydrogen (secondary N) is 1. The van der Waals surface area contributed by atoms with Crippen molar-refractivity contribution in [1.29, 1.82) is 5.26 Å². The van der Waals surface area contributed by atoms with Gasteiger partial charge in [0.15, 0.2) is 0 Å². The number of halogens is 1. The largest absolute Gasteiger partial charge is 0.327 e. The Balaban J connectivity index is 3.39. The molecule has 0 unspecified atom stereocenters. The fourth-order valence-electron chi connectivity index (χ4n) is 0.694. The lowest BCUT2D eigenvalue weighted by Gasteiger charge is -1.91. The van der Waals surface area contributed by atoms with E-state index in [0.29, 0.717) is 0 Å². The van der Waals surface area contributed by atoms with Crippen LogP contribution in [0.2, 0.25) is 0 Å². The average Bonchev–Trinajstić information content (AvgIpc) is 2.05. The van der Waals surface area contributed by atoms with Crippen LogP contribution in [0.4, 0.5) is 0 Å². The molecule has 0 saturated carbocycles. The molecule has 0 fully saturated rings. The van der Waals surface area contributed by atoms with Crippen molar-refractivity contribution in [1.82, 2.24) is 4.98 Å². The summed E-state index contributed by atoms with van der Waals surface area (Å²) in [7, 11) is 0. The molecule has 1 N–H and O–H groups in total. The van der Waals surface area contributed by atoms with Crippen LogP contribution >= 0.6 is 11.6 Å². The van der Waals surface area contributed by atoms with Gasteiger partial charge in [-0.25, -0.2) is 0 Å². The Morgan fingerprint density at radius 2 is 2.33 bits per heavy atom. The monoisotopic (exact) mass is 182 g/mol. The van der Waals surface area contributed by atoms with E-state index in [1.807, 2.05) is 0 Å². The Bertz CT molecular complexity index is 416. The van der Waals surface area contributed by atoms with Gasteiger partial charge in [0, 0.05) is 6.20 Å². The number of carbonyl (C=O) groups is 1. The van der Waals surface area contributed by atoms with Gasteiger partial charge < -0.3 is 4.98 Å². The minimum atomic E-state index is -0.867. The number of H-pyrrole nitrogens is 1. The molecule has 0 aliphatic carbocycles. The molecule has 4 nitrogen and oxygen atoms in total. The van der Waals surface area contributed by atoms with Gasteiger partial charge in [-0.1, -0.05) is 0 Å². The van der Waals surface area contributed by atoms with E-state index >= 15 is 0 Å². The number of aromatic nitrogens is 1. The summed E-state index contributed by atoms with van der Waals surface area (Å²) in [6, 6.07) is 2.92. The molecule has 0 amide bonds. The number of aromatic amines is 1. The van der Waals surface area contributed by atoms with E-state index < -0.39 is 10.8 Å². The molecule has 1 aromatic heterocycles. The Kier molecular flexibility index (Phi) is 2.26. The molecule has 1 aromatic rings. The van der Waals surface area contributed by atoms with Crippen LogP contribution in [-0.4, -0.2) is 10.2 Å². The fraction of sp³-hybridized carbons (Fsp3) is 0. The highest BCUT2D eigenvalue weighted by Crippen LogP contribution is 1.99. The molecule has 0 radical (unpaired) electrons. The van der Waals surface area contributed by atoms with E-state index in [4.69, 9.17) is 16.9 Å². The Hall–Kier alpha value is -1.60. The second-order valence-electron chi connectivity index (χ2n) is 2.02.